The Morgan fingerprint density at radius 3 is 1.10 bits per heavy atom. The van der Waals surface area contributed by atoms with E-state index in [0.717, 1.165) is 0 Å². The van der Waals surface area contributed by atoms with E-state index in [1.807, 2.05) is 6.92 Å². The third kappa shape index (κ3) is 1.70. The van der Waals surface area contributed by atoms with E-state index in [2.05, 4.69) is 20.8 Å². The summed E-state index contributed by atoms with van der Waals surface area (Å²) in [5, 5.41) is 0. The highest BCUT2D eigenvalue weighted by atomic mass is 16.7. The van der Waals surface area contributed by atoms with Gasteiger partial charge in [0.25, 0.3) is 0 Å². The second-order valence-electron chi connectivity index (χ2n) is 3.60. The molecule has 0 N–H and O–H groups in total. The van der Waals surface area contributed by atoms with E-state index in [9.17, 15) is 0 Å². The summed E-state index contributed by atoms with van der Waals surface area (Å²) in [7, 11) is 3.32. The SMILES string of the molecule is COC(C)(OC)C(C)(C)C. The van der Waals surface area contributed by atoms with Crippen molar-refractivity contribution in [3.05, 3.63) is 0 Å². The Morgan fingerprint density at radius 2 is 1.10 bits per heavy atom. The molecule has 2 nitrogen and oxygen atoms in total. The highest BCUT2D eigenvalue weighted by Gasteiger charge is 2.37. The highest BCUT2D eigenvalue weighted by Crippen LogP contribution is 2.32. The van der Waals surface area contributed by atoms with Crippen molar-refractivity contribution in [1.29, 1.82) is 0 Å². The number of hydrogen-bond acceptors (Lipinski definition) is 2. The van der Waals surface area contributed by atoms with Crippen LogP contribution in [0.3, 0.4) is 0 Å². The van der Waals surface area contributed by atoms with Crippen LogP contribution in [-0.2, 0) is 9.47 Å². The summed E-state index contributed by atoms with van der Waals surface area (Å²) in [6.07, 6.45) is 0. The van der Waals surface area contributed by atoms with Gasteiger partial charge in [-0.05, 0) is 6.92 Å². The summed E-state index contributed by atoms with van der Waals surface area (Å²) < 4.78 is 10.5. The quantitative estimate of drug-likeness (QED) is 0.555. The third-order valence-electron chi connectivity index (χ3n) is 2.14. The van der Waals surface area contributed by atoms with Crippen LogP contribution in [0.15, 0.2) is 0 Å². The fourth-order valence-corrected chi connectivity index (χ4v) is 0.696. The summed E-state index contributed by atoms with van der Waals surface area (Å²) in [6, 6.07) is 0. The van der Waals surface area contributed by atoms with Crippen molar-refractivity contribution < 1.29 is 9.47 Å². The first-order valence-electron chi connectivity index (χ1n) is 3.47. The van der Waals surface area contributed by atoms with Crippen LogP contribution in [0, 0.1) is 5.41 Å². The van der Waals surface area contributed by atoms with Crippen molar-refractivity contribution in [2.45, 2.75) is 33.5 Å². The summed E-state index contributed by atoms with van der Waals surface area (Å²) in [5.74, 6) is -0.479. The Balaban J connectivity index is 4.33. The van der Waals surface area contributed by atoms with E-state index in [-0.39, 0.29) is 5.41 Å². The largest absolute Gasteiger partial charge is 0.353 e. The van der Waals surface area contributed by atoms with Crippen LogP contribution >= 0.6 is 0 Å². The molecule has 0 saturated carbocycles. The zero-order valence-electron chi connectivity index (χ0n) is 7.82. The predicted octanol–water partition coefficient (Wildman–Crippen LogP) is 2.04. The first kappa shape index (κ1) is 9.92. The smallest absolute Gasteiger partial charge is 0.169 e. The molecule has 0 radical (unpaired) electrons. The van der Waals surface area contributed by atoms with Gasteiger partial charge in [0.05, 0.1) is 0 Å². The molecule has 0 heterocycles. The maximum absolute atomic E-state index is 5.23. The van der Waals surface area contributed by atoms with Gasteiger partial charge in [-0.1, -0.05) is 20.8 Å². The molecule has 0 aromatic heterocycles. The fourth-order valence-electron chi connectivity index (χ4n) is 0.696. The molecule has 0 aliphatic rings. The minimum atomic E-state index is -0.479. The van der Waals surface area contributed by atoms with E-state index in [4.69, 9.17) is 9.47 Å². The van der Waals surface area contributed by atoms with Crippen LogP contribution in [-0.4, -0.2) is 20.0 Å². The second kappa shape index (κ2) is 2.89. The molecule has 62 valence electrons. The standard InChI is InChI=1S/C8H18O2/c1-7(2,3)8(4,9-5)10-6/h1-6H3. The number of methoxy groups -OCH3 is 2. The van der Waals surface area contributed by atoms with E-state index >= 15 is 0 Å². The van der Waals surface area contributed by atoms with Crippen LogP contribution in [0.1, 0.15) is 27.7 Å². The second-order valence-corrected chi connectivity index (χ2v) is 3.60. The molecule has 0 unspecified atom stereocenters. The Labute approximate surface area is 63.5 Å². The molecule has 0 spiro atoms. The van der Waals surface area contributed by atoms with Crippen LogP contribution in [0.5, 0.6) is 0 Å². The van der Waals surface area contributed by atoms with Gasteiger partial charge in [0.1, 0.15) is 0 Å². The summed E-state index contributed by atoms with van der Waals surface area (Å²) in [6.45, 7) is 8.19. The zero-order chi connectivity index (χ0) is 8.41. The van der Waals surface area contributed by atoms with Crippen molar-refractivity contribution in [1.82, 2.24) is 0 Å². The molecular weight excluding hydrogens is 128 g/mol. The Bertz CT molecular complexity index is 98.3. The van der Waals surface area contributed by atoms with Crippen molar-refractivity contribution >= 4 is 0 Å². The molecule has 0 fully saturated rings. The van der Waals surface area contributed by atoms with Crippen molar-refractivity contribution in [2.75, 3.05) is 14.2 Å². The van der Waals surface area contributed by atoms with Gasteiger partial charge in [0.2, 0.25) is 0 Å². The van der Waals surface area contributed by atoms with Crippen LogP contribution in [0.25, 0.3) is 0 Å². The van der Waals surface area contributed by atoms with Crippen LogP contribution in [0.2, 0.25) is 0 Å². The first-order chi connectivity index (χ1) is 4.37. The molecule has 0 aromatic rings. The van der Waals surface area contributed by atoms with E-state index in [1.54, 1.807) is 14.2 Å². The summed E-state index contributed by atoms with van der Waals surface area (Å²) in [5.41, 5.74) is 0.0104. The van der Waals surface area contributed by atoms with Gasteiger partial charge < -0.3 is 9.47 Å². The lowest BCUT2D eigenvalue weighted by Gasteiger charge is -2.38. The zero-order valence-corrected chi connectivity index (χ0v) is 7.82. The predicted molar refractivity (Wildman–Crippen MR) is 41.9 cm³/mol. The lowest BCUT2D eigenvalue weighted by atomic mass is 9.86. The lowest BCUT2D eigenvalue weighted by Crippen LogP contribution is -2.43. The van der Waals surface area contributed by atoms with E-state index < -0.39 is 5.79 Å². The van der Waals surface area contributed by atoms with Gasteiger partial charge in [0, 0.05) is 19.6 Å². The number of rotatable bonds is 2. The molecule has 0 aliphatic carbocycles. The molecule has 0 amide bonds. The van der Waals surface area contributed by atoms with Gasteiger partial charge in [-0.25, -0.2) is 0 Å². The Morgan fingerprint density at radius 1 is 0.800 bits per heavy atom. The molecular formula is C8H18O2. The Kier molecular flexibility index (Phi) is 2.86. The minimum absolute atomic E-state index is 0.0104. The molecule has 0 saturated heterocycles. The van der Waals surface area contributed by atoms with Crippen LogP contribution in [0.4, 0.5) is 0 Å². The molecule has 10 heavy (non-hydrogen) atoms. The maximum atomic E-state index is 5.23. The molecule has 0 aromatic carbocycles. The first-order valence-corrected chi connectivity index (χ1v) is 3.47. The van der Waals surface area contributed by atoms with Gasteiger partial charge >= 0.3 is 0 Å². The van der Waals surface area contributed by atoms with Crippen molar-refractivity contribution in [3.63, 3.8) is 0 Å². The molecule has 0 aliphatic heterocycles. The molecule has 0 rings (SSSR count). The fraction of sp³-hybridized carbons (Fsp3) is 1.00. The van der Waals surface area contributed by atoms with Crippen LogP contribution < -0.4 is 0 Å². The minimum Gasteiger partial charge on any atom is -0.353 e. The van der Waals surface area contributed by atoms with Gasteiger partial charge in [-0.15, -0.1) is 0 Å². The van der Waals surface area contributed by atoms with Gasteiger partial charge in [-0.2, -0.15) is 0 Å². The summed E-state index contributed by atoms with van der Waals surface area (Å²) >= 11 is 0. The lowest BCUT2D eigenvalue weighted by molar-refractivity contribution is -0.250. The van der Waals surface area contributed by atoms with Crippen molar-refractivity contribution in [3.8, 4) is 0 Å². The average Bonchev–Trinajstić information content (AvgIpc) is 1.84. The highest BCUT2D eigenvalue weighted by molar-refractivity contribution is 4.78. The molecule has 0 bridgehead atoms. The number of hydrogen-bond donors (Lipinski definition) is 0. The van der Waals surface area contributed by atoms with E-state index in [1.165, 1.54) is 0 Å². The molecule has 0 atom stereocenters. The average molecular weight is 146 g/mol. The van der Waals surface area contributed by atoms with Crippen molar-refractivity contribution in [2.24, 2.45) is 5.41 Å². The monoisotopic (exact) mass is 146 g/mol. The normalized spacial score (nSPS) is 13.8. The van der Waals surface area contributed by atoms with Gasteiger partial charge in [0.15, 0.2) is 5.79 Å². The maximum Gasteiger partial charge on any atom is 0.169 e. The summed E-state index contributed by atoms with van der Waals surface area (Å²) in [4.78, 5) is 0. The Hall–Kier alpha value is -0.0800. The van der Waals surface area contributed by atoms with Gasteiger partial charge in [-0.3, -0.25) is 0 Å². The van der Waals surface area contributed by atoms with E-state index in [0.29, 0.717) is 0 Å². The number of ether oxygens (including phenoxy) is 2. The topological polar surface area (TPSA) is 18.5 Å². The molecule has 2 heteroatoms. The third-order valence-corrected chi connectivity index (χ3v) is 2.14.